The zero-order chi connectivity index (χ0) is 15.5. The minimum absolute atomic E-state index is 0.0172. The quantitative estimate of drug-likeness (QED) is 0.930. The summed E-state index contributed by atoms with van der Waals surface area (Å²) >= 11 is 0. The third-order valence-corrected chi connectivity index (χ3v) is 5.21. The number of amides is 1. The second kappa shape index (κ2) is 6.82. The normalized spacial score (nSPS) is 23.2. The number of nitrogens with zero attached hydrogens (tertiary/aromatic N) is 2. The molecule has 1 amide bonds. The first-order chi connectivity index (χ1) is 10.7. The fraction of sp³-hybridized carbons (Fsp3) is 0.765. The number of rotatable bonds is 4. The highest BCUT2D eigenvalue weighted by Crippen LogP contribution is 2.31. The van der Waals surface area contributed by atoms with Gasteiger partial charge in [0.05, 0.1) is 24.9 Å². The van der Waals surface area contributed by atoms with E-state index < -0.39 is 0 Å². The van der Waals surface area contributed by atoms with Crippen LogP contribution >= 0.6 is 0 Å². The van der Waals surface area contributed by atoms with Gasteiger partial charge in [0.2, 0.25) is 5.91 Å². The Kier molecular flexibility index (Phi) is 4.81. The minimum atomic E-state index is 0.0172. The number of nitrogens with one attached hydrogen (secondary N) is 1. The molecule has 2 fully saturated rings. The number of hydrogen-bond donors (Lipinski definition) is 1. The van der Waals surface area contributed by atoms with Gasteiger partial charge in [-0.1, -0.05) is 25.7 Å². The molecule has 5 heteroatoms. The van der Waals surface area contributed by atoms with Crippen molar-refractivity contribution in [3.8, 4) is 0 Å². The monoisotopic (exact) mass is 305 g/mol. The molecule has 0 aromatic carbocycles. The van der Waals surface area contributed by atoms with E-state index in [0.29, 0.717) is 26.2 Å². The number of carbonyl (C=O) groups excluding carboxylic acids is 1. The molecule has 0 unspecified atom stereocenters. The van der Waals surface area contributed by atoms with Gasteiger partial charge in [-0.05, 0) is 26.2 Å². The summed E-state index contributed by atoms with van der Waals surface area (Å²) in [6.07, 6.45) is 7.02. The van der Waals surface area contributed by atoms with Crippen LogP contribution in [0, 0.1) is 19.8 Å². The number of carbonyl (C=O) groups is 1. The van der Waals surface area contributed by atoms with E-state index in [2.05, 4.69) is 10.2 Å². The summed E-state index contributed by atoms with van der Waals surface area (Å²) in [5, 5.41) is 7.30. The maximum Gasteiger partial charge on any atom is 0.223 e. The number of H-pyrrole nitrogens is 1. The van der Waals surface area contributed by atoms with Gasteiger partial charge in [0.1, 0.15) is 0 Å². The third kappa shape index (κ3) is 3.19. The number of morpholine rings is 1. The zero-order valence-electron chi connectivity index (χ0n) is 13.7. The van der Waals surface area contributed by atoms with E-state index in [1.165, 1.54) is 25.7 Å². The Labute approximate surface area is 132 Å². The smallest absolute Gasteiger partial charge is 0.223 e. The molecule has 0 bridgehead atoms. The zero-order valence-corrected chi connectivity index (χ0v) is 13.7. The van der Waals surface area contributed by atoms with Gasteiger partial charge in [0.25, 0.3) is 0 Å². The fourth-order valence-electron chi connectivity index (χ4n) is 3.96. The van der Waals surface area contributed by atoms with Crippen LogP contribution < -0.4 is 0 Å². The predicted molar refractivity (Wildman–Crippen MR) is 84.5 cm³/mol. The molecule has 1 aliphatic heterocycles. The highest BCUT2D eigenvalue weighted by molar-refractivity contribution is 5.77. The maximum absolute atomic E-state index is 12.7. The lowest BCUT2D eigenvalue weighted by Crippen LogP contribution is -2.43. The van der Waals surface area contributed by atoms with Crippen molar-refractivity contribution in [3.05, 3.63) is 17.0 Å². The molecule has 5 nitrogen and oxygen atoms in total. The van der Waals surface area contributed by atoms with E-state index in [-0.39, 0.29) is 11.9 Å². The Bertz CT molecular complexity index is 500. The summed E-state index contributed by atoms with van der Waals surface area (Å²) in [6, 6.07) is 0.0172. The summed E-state index contributed by atoms with van der Waals surface area (Å²) in [6.45, 7) is 5.93. The van der Waals surface area contributed by atoms with Crippen LogP contribution in [0.1, 0.15) is 61.5 Å². The van der Waals surface area contributed by atoms with Gasteiger partial charge in [-0.3, -0.25) is 9.89 Å². The van der Waals surface area contributed by atoms with Gasteiger partial charge >= 0.3 is 0 Å². The first kappa shape index (κ1) is 15.5. The first-order valence-corrected chi connectivity index (χ1v) is 8.55. The molecule has 0 spiro atoms. The predicted octanol–water partition coefficient (Wildman–Crippen LogP) is 2.90. The van der Waals surface area contributed by atoms with Crippen molar-refractivity contribution in [1.29, 1.82) is 0 Å². The van der Waals surface area contributed by atoms with Crippen molar-refractivity contribution in [2.75, 3.05) is 19.8 Å². The van der Waals surface area contributed by atoms with Gasteiger partial charge < -0.3 is 9.64 Å². The molecular formula is C17H27N3O2. The van der Waals surface area contributed by atoms with Crippen molar-refractivity contribution in [2.45, 2.75) is 58.4 Å². The van der Waals surface area contributed by atoms with E-state index in [0.717, 1.165) is 29.3 Å². The van der Waals surface area contributed by atoms with Crippen LogP contribution in [0.3, 0.4) is 0 Å². The molecule has 1 saturated carbocycles. The van der Waals surface area contributed by atoms with Gasteiger partial charge in [-0.25, -0.2) is 0 Å². The second-order valence-electron chi connectivity index (χ2n) is 6.71. The number of ether oxygens (including phenoxy) is 1. The lowest BCUT2D eigenvalue weighted by Gasteiger charge is -2.36. The van der Waals surface area contributed by atoms with E-state index in [9.17, 15) is 4.79 Å². The maximum atomic E-state index is 12.7. The lowest BCUT2D eigenvalue weighted by molar-refractivity contribution is -0.140. The standard InChI is InChI=1S/C17H27N3O2/c1-12-17(13(2)19-18-12)15-11-22-10-9-20(15)16(21)8-7-14-5-3-4-6-14/h14-15H,3-11H2,1-2H3,(H,18,19)/t15-/m0/s1. The molecule has 1 atom stereocenters. The van der Waals surface area contributed by atoms with Crippen molar-refractivity contribution >= 4 is 5.91 Å². The van der Waals surface area contributed by atoms with Gasteiger partial charge in [0.15, 0.2) is 0 Å². The largest absolute Gasteiger partial charge is 0.377 e. The van der Waals surface area contributed by atoms with E-state index >= 15 is 0 Å². The average Bonchev–Trinajstić information content (AvgIpc) is 3.15. The Morgan fingerprint density at radius 1 is 1.36 bits per heavy atom. The Hall–Kier alpha value is -1.36. The van der Waals surface area contributed by atoms with Crippen molar-refractivity contribution in [3.63, 3.8) is 0 Å². The molecule has 2 heterocycles. The molecular weight excluding hydrogens is 278 g/mol. The van der Waals surface area contributed by atoms with E-state index in [1.807, 2.05) is 18.7 Å². The van der Waals surface area contributed by atoms with Gasteiger partial charge in [0, 0.05) is 24.2 Å². The van der Waals surface area contributed by atoms with Gasteiger partial charge in [-0.15, -0.1) is 0 Å². The summed E-state index contributed by atoms with van der Waals surface area (Å²) in [5.41, 5.74) is 3.15. The van der Waals surface area contributed by atoms with Crippen LogP contribution in [0.15, 0.2) is 0 Å². The average molecular weight is 305 g/mol. The van der Waals surface area contributed by atoms with Crippen LogP contribution in [-0.4, -0.2) is 40.8 Å². The summed E-state index contributed by atoms with van der Waals surface area (Å²) in [4.78, 5) is 14.7. The fourth-order valence-corrected chi connectivity index (χ4v) is 3.96. The van der Waals surface area contributed by atoms with Gasteiger partial charge in [-0.2, -0.15) is 5.10 Å². The van der Waals surface area contributed by atoms with E-state index in [4.69, 9.17) is 4.74 Å². The van der Waals surface area contributed by atoms with Crippen molar-refractivity contribution in [2.24, 2.45) is 5.92 Å². The van der Waals surface area contributed by atoms with Crippen molar-refractivity contribution < 1.29 is 9.53 Å². The Balaban J connectivity index is 1.68. The van der Waals surface area contributed by atoms with Crippen LogP contribution in [0.25, 0.3) is 0 Å². The Morgan fingerprint density at radius 3 is 2.82 bits per heavy atom. The van der Waals surface area contributed by atoms with Crippen molar-refractivity contribution in [1.82, 2.24) is 15.1 Å². The van der Waals surface area contributed by atoms with Crippen LogP contribution in [0.5, 0.6) is 0 Å². The number of hydrogen-bond acceptors (Lipinski definition) is 3. The van der Waals surface area contributed by atoms with E-state index in [1.54, 1.807) is 0 Å². The lowest BCUT2D eigenvalue weighted by atomic mass is 9.99. The SMILES string of the molecule is Cc1n[nH]c(C)c1[C@@H]1COCCN1C(=O)CCC1CCCC1. The molecule has 1 saturated heterocycles. The third-order valence-electron chi connectivity index (χ3n) is 5.21. The second-order valence-corrected chi connectivity index (χ2v) is 6.71. The molecule has 1 N–H and O–H groups in total. The molecule has 1 aliphatic carbocycles. The van der Waals surface area contributed by atoms with Crippen LogP contribution in [0.2, 0.25) is 0 Å². The summed E-state index contributed by atoms with van der Waals surface area (Å²) < 4.78 is 5.64. The number of aromatic amines is 1. The number of aromatic nitrogens is 2. The highest BCUT2D eigenvalue weighted by Gasteiger charge is 2.32. The molecule has 22 heavy (non-hydrogen) atoms. The highest BCUT2D eigenvalue weighted by atomic mass is 16.5. The molecule has 2 aliphatic rings. The summed E-state index contributed by atoms with van der Waals surface area (Å²) in [5.74, 6) is 1.04. The molecule has 0 radical (unpaired) electrons. The topological polar surface area (TPSA) is 58.2 Å². The molecule has 122 valence electrons. The molecule has 3 rings (SSSR count). The molecule has 1 aromatic heterocycles. The first-order valence-electron chi connectivity index (χ1n) is 8.55. The van der Waals surface area contributed by atoms with Crippen LogP contribution in [-0.2, 0) is 9.53 Å². The number of aryl methyl sites for hydroxylation is 2. The molecule has 1 aromatic rings. The Morgan fingerprint density at radius 2 is 2.14 bits per heavy atom. The minimum Gasteiger partial charge on any atom is -0.377 e. The van der Waals surface area contributed by atoms with Crippen LogP contribution in [0.4, 0.5) is 0 Å². The summed E-state index contributed by atoms with van der Waals surface area (Å²) in [7, 11) is 0.